The second-order valence-corrected chi connectivity index (χ2v) is 6.89. The Balaban J connectivity index is 1.93. The van der Waals surface area contributed by atoms with Gasteiger partial charge in [-0.25, -0.2) is 4.90 Å². The van der Waals surface area contributed by atoms with Crippen molar-refractivity contribution in [3.8, 4) is 0 Å². The van der Waals surface area contributed by atoms with E-state index in [1.54, 1.807) is 30.3 Å². The summed E-state index contributed by atoms with van der Waals surface area (Å²) in [6, 6.07) is 14.1. The molecule has 3 nitrogen and oxygen atoms in total. The Bertz CT molecular complexity index is 789. The van der Waals surface area contributed by atoms with E-state index in [2.05, 4.69) is 15.9 Å². The number of hydrogen-bond acceptors (Lipinski definition) is 3. The van der Waals surface area contributed by atoms with Gasteiger partial charge in [0.25, 0.3) is 11.1 Å². The Kier molecular flexibility index (Phi) is 4.38. The zero-order chi connectivity index (χ0) is 15.7. The molecule has 2 aromatic carbocycles. The third kappa shape index (κ3) is 3.11. The van der Waals surface area contributed by atoms with Gasteiger partial charge in [0.15, 0.2) is 0 Å². The van der Waals surface area contributed by atoms with Crippen molar-refractivity contribution in [2.45, 2.75) is 0 Å². The summed E-state index contributed by atoms with van der Waals surface area (Å²) in [7, 11) is 0. The first-order chi connectivity index (χ1) is 10.5. The summed E-state index contributed by atoms with van der Waals surface area (Å²) in [6.07, 6.45) is 1.71. The van der Waals surface area contributed by atoms with E-state index in [-0.39, 0.29) is 11.1 Å². The third-order valence-electron chi connectivity index (χ3n) is 3.02. The molecule has 0 aromatic heterocycles. The zero-order valence-electron chi connectivity index (χ0n) is 11.1. The quantitative estimate of drug-likeness (QED) is 0.645. The first kappa shape index (κ1) is 15.3. The number of rotatable bonds is 2. The summed E-state index contributed by atoms with van der Waals surface area (Å²) in [5.74, 6) is -0.322. The molecule has 1 fully saturated rings. The Morgan fingerprint density at radius 2 is 1.82 bits per heavy atom. The number of carbonyl (C=O) groups is 2. The van der Waals surface area contributed by atoms with E-state index < -0.39 is 0 Å². The van der Waals surface area contributed by atoms with E-state index >= 15 is 0 Å². The Morgan fingerprint density at radius 3 is 2.50 bits per heavy atom. The lowest BCUT2D eigenvalue weighted by Gasteiger charge is -2.12. The number of benzene rings is 2. The van der Waals surface area contributed by atoms with Crippen LogP contribution >= 0.6 is 39.3 Å². The Labute approximate surface area is 145 Å². The molecule has 0 atom stereocenters. The van der Waals surface area contributed by atoms with Gasteiger partial charge in [-0.3, -0.25) is 9.59 Å². The highest BCUT2D eigenvalue weighted by atomic mass is 79.9. The highest BCUT2D eigenvalue weighted by molar-refractivity contribution is 9.10. The van der Waals surface area contributed by atoms with Crippen LogP contribution in [0.5, 0.6) is 0 Å². The van der Waals surface area contributed by atoms with E-state index in [1.807, 2.05) is 24.3 Å². The zero-order valence-corrected chi connectivity index (χ0v) is 14.3. The lowest BCUT2D eigenvalue weighted by atomic mass is 10.2. The Morgan fingerprint density at radius 1 is 1.09 bits per heavy atom. The van der Waals surface area contributed by atoms with Gasteiger partial charge in [-0.15, -0.1) is 0 Å². The first-order valence-electron chi connectivity index (χ1n) is 6.34. The largest absolute Gasteiger partial charge is 0.298 e. The number of hydrogen-bond donors (Lipinski definition) is 0. The van der Waals surface area contributed by atoms with Gasteiger partial charge in [-0.2, -0.15) is 0 Å². The monoisotopic (exact) mass is 393 g/mol. The summed E-state index contributed by atoms with van der Waals surface area (Å²) in [4.78, 5) is 26.1. The standard InChI is InChI=1S/C16H9BrClNO2S/c17-11-3-1-2-10(8-11)9-14-15(20)19(16(21)22-14)13-6-4-12(18)5-7-13/h1-9H/b14-9-. The minimum atomic E-state index is -0.322. The van der Waals surface area contributed by atoms with Crippen molar-refractivity contribution < 1.29 is 9.59 Å². The number of amides is 2. The Hall–Kier alpha value is -1.56. The highest BCUT2D eigenvalue weighted by Gasteiger charge is 2.36. The fraction of sp³-hybridized carbons (Fsp3) is 0. The highest BCUT2D eigenvalue weighted by Crippen LogP contribution is 2.36. The van der Waals surface area contributed by atoms with Crippen LogP contribution in [-0.2, 0) is 4.79 Å². The predicted octanol–water partition coefficient (Wildman–Crippen LogP) is 5.34. The smallest absolute Gasteiger partial charge is 0.268 e. The van der Waals surface area contributed by atoms with Crippen molar-refractivity contribution >= 4 is 62.2 Å². The van der Waals surface area contributed by atoms with Gasteiger partial charge >= 0.3 is 0 Å². The average Bonchev–Trinajstić information content (AvgIpc) is 2.75. The number of thioether (sulfide) groups is 1. The molecule has 0 bridgehead atoms. The molecule has 2 amide bonds. The molecule has 0 spiro atoms. The molecule has 1 heterocycles. The second-order valence-electron chi connectivity index (χ2n) is 4.55. The third-order valence-corrected chi connectivity index (χ3v) is 4.64. The number of halogens is 2. The fourth-order valence-corrected chi connectivity index (χ4v) is 3.41. The number of nitrogens with zero attached hydrogens (tertiary/aromatic N) is 1. The minimum Gasteiger partial charge on any atom is -0.268 e. The number of carbonyl (C=O) groups excluding carboxylic acids is 2. The second kappa shape index (κ2) is 6.28. The van der Waals surface area contributed by atoms with Gasteiger partial charge < -0.3 is 0 Å². The number of imide groups is 1. The SMILES string of the molecule is O=C1S/C(=C\c2cccc(Br)c2)C(=O)N1c1ccc(Cl)cc1. The van der Waals surface area contributed by atoms with Crippen LogP contribution in [0.1, 0.15) is 5.56 Å². The summed E-state index contributed by atoms with van der Waals surface area (Å²) in [5.41, 5.74) is 1.38. The van der Waals surface area contributed by atoms with E-state index in [1.165, 1.54) is 0 Å². The van der Waals surface area contributed by atoms with E-state index in [0.717, 1.165) is 26.7 Å². The maximum Gasteiger partial charge on any atom is 0.298 e. The molecular weight excluding hydrogens is 386 g/mol. The van der Waals surface area contributed by atoms with Crippen LogP contribution < -0.4 is 4.90 Å². The van der Waals surface area contributed by atoms with Crippen LogP contribution in [0.25, 0.3) is 6.08 Å². The normalized spacial score (nSPS) is 16.6. The lowest BCUT2D eigenvalue weighted by Crippen LogP contribution is -2.27. The summed E-state index contributed by atoms with van der Waals surface area (Å²) in [5, 5.41) is 0.244. The maximum atomic E-state index is 12.5. The molecule has 1 aliphatic rings. The van der Waals surface area contributed by atoms with Gasteiger partial charge in [-0.1, -0.05) is 39.7 Å². The van der Waals surface area contributed by atoms with E-state index in [9.17, 15) is 9.59 Å². The molecule has 0 unspecified atom stereocenters. The van der Waals surface area contributed by atoms with Crippen molar-refractivity contribution in [2.75, 3.05) is 4.90 Å². The molecule has 0 N–H and O–H groups in total. The molecule has 110 valence electrons. The summed E-state index contributed by atoms with van der Waals surface area (Å²) >= 11 is 10.1. The van der Waals surface area contributed by atoms with Crippen LogP contribution in [0.3, 0.4) is 0 Å². The molecule has 1 saturated heterocycles. The van der Waals surface area contributed by atoms with Crippen LogP contribution in [0.4, 0.5) is 10.5 Å². The molecule has 0 aliphatic carbocycles. The summed E-state index contributed by atoms with van der Waals surface area (Å²) < 4.78 is 0.915. The van der Waals surface area contributed by atoms with E-state index in [0.29, 0.717) is 15.6 Å². The van der Waals surface area contributed by atoms with Crippen molar-refractivity contribution in [1.29, 1.82) is 0 Å². The van der Waals surface area contributed by atoms with Gasteiger partial charge in [0.2, 0.25) is 0 Å². The van der Waals surface area contributed by atoms with Gasteiger partial charge in [0.05, 0.1) is 10.6 Å². The molecule has 1 aliphatic heterocycles. The van der Waals surface area contributed by atoms with Gasteiger partial charge in [-0.05, 0) is 59.8 Å². The molecule has 0 radical (unpaired) electrons. The first-order valence-corrected chi connectivity index (χ1v) is 8.32. The molecule has 6 heteroatoms. The molecular formula is C16H9BrClNO2S. The summed E-state index contributed by atoms with van der Waals surface area (Å²) in [6.45, 7) is 0. The van der Waals surface area contributed by atoms with Crippen LogP contribution in [-0.4, -0.2) is 11.1 Å². The number of anilines is 1. The molecule has 2 aromatic rings. The topological polar surface area (TPSA) is 37.4 Å². The van der Waals surface area contributed by atoms with Crippen molar-refractivity contribution in [3.63, 3.8) is 0 Å². The van der Waals surface area contributed by atoms with Crippen LogP contribution in [0.15, 0.2) is 57.9 Å². The lowest BCUT2D eigenvalue weighted by molar-refractivity contribution is -0.113. The van der Waals surface area contributed by atoms with Gasteiger partial charge in [0, 0.05) is 9.50 Å². The van der Waals surface area contributed by atoms with Crippen molar-refractivity contribution in [1.82, 2.24) is 0 Å². The average molecular weight is 395 g/mol. The van der Waals surface area contributed by atoms with Crippen molar-refractivity contribution in [3.05, 3.63) is 68.5 Å². The molecule has 0 saturated carbocycles. The maximum absolute atomic E-state index is 12.5. The minimum absolute atomic E-state index is 0.312. The van der Waals surface area contributed by atoms with Crippen molar-refractivity contribution in [2.24, 2.45) is 0 Å². The molecule has 3 rings (SSSR count). The van der Waals surface area contributed by atoms with Crippen LogP contribution in [0.2, 0.25) is 5.02 Å². The van der Waals surface area contributed by atoms with Gasteiger partial charge in [0.1, 0.15) is 0 Å². The fourth-order valence-electron chi connectivity index (χ4n) is 2.03. The molecule has 22 heavy (non-hydrogen) atoms. The predicted molar refractivity (Wildman–Crippen MR) is 94.0 cm³/mol. The van der Waals surface area contributed by atoms with E-state index in [4.69, 9.17) is 11.6 Å². The van der Waals surface area contributed by atoms with Crippen LogP contribution in [0, 0.1) is 0 Å².